The quantitative estimate of drug-likeness (QED) is 0.880. The molecule has 1 aromatic heterocycles. The van der Waals surface area contributed by atoms with E-state index in [1.807, 2.05) is 6.92 Å². The van der Waals surface area contributed by atoms with Crippen molar-refractivity contribution in [3.63, 3.8) is 0 Å². The number of amides is 1. The molecule has 1 fully saturated rings. The minimum Gasteiger partial charge on any atom is -0.482 e. The lowest BCUT2D eigenvalue weighted by atomic mass is 10.2. The number of hydrogen-bond acceptors (Lipinski definition) is 4. The molecule has 1 unspecified atom stereocenters. The molecule has 0 radical (unpaired) electrons. The monoisotopic (exact) mass is 375 g/mol. The zero-order valence-electron chi connectivity index (χ0n) is 12.3. The van der Waals surface area contributed by atoms with Crippen LogP contribution in [-0.2, 0) is 0 Å². The van der Waals surface area contributed by atoms with Crippen LogP contribution in [0.25, 0.3) is 0 Å². The van der Waals surface area contributed by atoms with Crippen molar-refractivity contribution >= 4 is 30.7 Å². The molecule has 0 aliphatic carbocycles. The van der Waals surface area contributed by atoms with Gasteiger partial charge in [-0.3, -0.25) is 4.79 Å². The second kappa shape index (κ2) is 9.14. The van der Waals surface area contributed by atoms with Crippen molar-refractivity contribution in [3.05, 3.63) is 24.0 Å². The predicted octanol–water partition coefficient (Wildman–Crippen LogP) is 2.30. The van der Waals surface area contributed by atoms with Crippen LogP contribution in [0, 0.1) is 0 Å². The van der Waals surface area contributed by atoms with Crippen LogP contribution in [-0.4, -0.2) is 54.3 Å². The van der Waals surface area contributed by atoms with Crippen molar-refractivity contribution in [2.45, 2.75) is 19.1 Å². The maximum absolute atomic E-state index is 12.4. The van der Waals surface area contributed by atoms with Gasteiger partial charge in [0.15, 0.2) is 18.1 Å². The number of nitrogens with zero attached hydrogens (tertiary/aromatic N) is 2. The van der Waals surface area contributed by atoms with E-state index in [0.29, 0.717) is 19.6 Å². The van der Waals surface area contributed by atoms with E-state index in [9.17, 15) is 18.0 Å². The molecule has 0 aromatic carbocycles. The number of halogens is 5. The van der Waals surface area contributed by atoms with E-state index in [0.717, 1.165) is 0 Å². The van der Waals surface area contributed by atoms with E-state index in [1.54, 1.807) is 4.90 Å². The highest BCUT2D eigenvalue weighted by atomic mass is 35.5. The molecule has 5 nitrogen and oxygen atoms in total. The van der Waals surface area contributed by atoms with E-state index in [-0.39, 0.29) is 42.3 Å². The summed E-state index contributed by atoms with van der Waals surface area (Å²) in [7, 11) is 0. The van der Waals surface area contributed by atoms with Gasteiger partial charge in [0, 0.05) is 31.9 Å². The first kappa shape index (κ1) is 21.8. The summed E-state index contributed by atoms with van der Waals surface area (Å²) in [5, 5.41) is 3.18. The molecule has 1 saturated heterocycles. The third-order valence-corrected chi connectivity index (χ3v) is 3.02. The molecule has 132 valence electrons. The second-order valence-electron chi connectivity index (χ2n) is 4.86. The standard InChI is InChI=1S/C13H16F3N3O2.2ClH/c1-9-7-19(6-5-17-9)12(20)11-10(3-2-4-18-11)21-8-13(14,15)16;;/h2-4,9,17H,5-8H2,1H3;2*1H. The first-order valence-electron chi connectivity index (χ1n) is 6.54. The van der Waals surface area contributed by atoms with E-state index in [2.05, 4.69) is 15.0 Å². The lowest BCUT2D eigenvalue weighted by Gasteiger charge is -2.31. The first-order valence-corrected chi connectivity index (χ1v) is 6.54. The van der Waals surface area contributed by atoms with E-state index < -0.39 is 18.7 Å². The number of rotatable bonds is 3. The number of piperazine rings is 1. The summed E-state index contributed by atoms with van der Waals surface area (Å²) in [5.74, 6) is -0.563. The minimum absolute atomic E-state index is 0. The number of nitrogens with one attached hydrogen (secondary N) is 1. The van der Waals surface area contributed by atoms with Gasteiger partial charge in [0.25, 0.3) is 5.91 Å². The Morgan fingerprint density at radius 1 is 1.48 bits per heavy atom. The van der Waals surface area contributed by atoms with Crippen molar-refractivity contribution in [3.8, 4) is 5.75 Å². The largest absolute Gasteiger partial charge is 0.482 e. The summed E-state index contributed by atoms with van der Waals surface area (Å²) in [6.45, 7) is 2.08. The number of hydrogen-bond donors (Lipinski definition) is 1. The molecule has 1 atom stereocenters. The maximum atomic E-state index is 12.4. The highest BCUT2D eigenvalue weighted by Crippen LogP contribution is 2.22. The van der Waals surface area contributed by atoms with Gasteiger partial charge in [0.1, 0.15) is 0 Å². The first-order chi connectivity index (χ1) is 9.87. The van der Waals surface area contributed by atoms with Crippen LogP contribution >= 0.6 is 24.8 Å². The van der Waals surface area contributed by atoms with Crippen molar-refractivity contribution in [2.75, 3.05) is 26.2 Å². The zero-order valence-corrected chi connectivity index (χ0v) is 13.9. The van der Waals surface area contributed by atoms with Crippen LogP contribution in [0.1, 0.15) is 17.4 Å². The Bertz CT molecular complexity index is 517. The molecule has 1 aliphatic heterocycles. The molecule has 0 bridgehead atoms. The fraction of sp³-hybridized carbons (Fsp3) is 0.538. The van der Waals surface area contributed by atoms with Gasteiger partial charge in [-0.25, -0.2) is 4.98 Å². The Morgan fingerprint density at radius 2 is 2.17 bits per heavy atom. The van der Waals surface area contributed by atoms with Gasteiger partial charge in [-0.2, -0.15) is 13.2 Å². The molecule has 2 rings (SSSR count). The lowest BCUT2D eigenvalue weighted by molar-refractivity contribution is -0.153. The SMILES string of the molecule is CC1CN(C(=O)c2ncccc2OCC(F)(F)F)CCN1.Cl.Cl. The van der Waals surface area contributed by atoms with Gasteiger partial charge in [0.2, 0.25) is 0 Å². The number of ether oxygens (including phenoxy) is 1. The van der Waals surface area contributed by atoms with Crippen molar-refractivity contribution < 1.29 is 22.7 Å². The number of aromatic nitrogens is 1. The Kier molecular flexibility index (Phi) is 8.65. The van der Waals surface area contributed by atoms with Crippen LogP contribution in [0.4, 0.5) is 13.2 Å². The molecule has 0 spiro atoms. The number of carbonyl (C=O) groups excluding carboxylic acids is 1. The van der Waals surface area contributed by atoms with Gasteiger partial charge < -0.3 is 15.0 Å². The molecular formula is C13H18Cl2F3N3O2. The smallest absolute Gasteiger partial charge is 0.422 e. The molecule has 1 N–H and O–H groups in total. The molecule has 0 saturated carbocycles. The molecule has 2 heterocycles. The summed E-state index contributed by atoms with van der Waals surface area (Å²) in [5.41, 5.74) is -0.0872. The molecule has 1 aromatic rings. The second-order valence-corrected chi connectivity index (χ2v) is 4.86. The molecule has 10 heteroatoms. The average molecular weight is 376 g/mol. The third-order valence-electron chi connectivity index (χ3n) is 3.02. The number of carbonyl (C=O) groups is 1. The van der Waals surface area contributed by atoms with Gasteiger partial charge in [-0.15, -0.1) is 24.8 Å². The molecule has 1 aliphatic rings. The fourth-order valence-electron chi connectivity index (χ4n) is 2.09. The fourth-order valence-corrected chi connectivity index (χ4v) is 2.09. The Hall–Kier alpha value is -1.25. The van der Waals surface area contributed by atoms with E-state index >= 15 is 0 Å². The van der Waals surface area contributed by atoms with E-state index in [4.69, 9.17) is 0 Å². The van der Waals surface area contributed by atoms with Gasteiger partial charge in [0.05, 0.1) is 0 Å². The van der Waals surface area contributed by atoms with Gasteiger partial charge >= 0.3 is 6.18 Å². The summed E-state index contributed by atoms with van der Waals surface area (Å²) in [4.78, 5) is 17.8. The zero-order chi connectivity index (χ0) is 15.5. The highest BCUT2D eigenvalue weighted by molar-refractivity contribution is 5.95. The Balaban J connectivity index is 0.00000242. The van der Waals surface area contributed by atoms with Gasteiger partial charge in [-0.05, 0) is 19.1 Å². The van der Waals surface area contributed by atoms with Crippen LogP contribution in [0.5, 0.6) is 5.75 Å². The summed E-state index contributed by atoms with van der Waals surface area (Å²) < 4.78 is 41.4. The summed E-state index contributed by atoms with van der Waals surface area (Å²) in [6.07, 6.45) is -3.10. The Morgan fingerprint density at radius 3 is 2.78 bits per heavy atom. The van der Waals surface area contributed by atoms with Crippen LogP contribution in [0.15, 0.2) is 18.3 Å². The van der Waals surface area contributed by atoms with Crippen molar-refractivity contribution in [1.29, 1.82) is 0 Å². The molecule has 23 heavy (non-hydrogen) atoms. The topological polar surface area (TPSA) is 54.5 Å². The summed E-state index contributed by atoms with van der Waals surface area (Å²) in [6, 6.07) is 2.88. The minimum atomic E-state index is -4.46. The van der Waals surface area contributed by atoms with Gasteiger partial charge in [-0.1, -0.05) is 0 Å². The third kappa shape index (κ3) is 6.40. The molecular weight excluding hydrogens is 358 g/mol. The normalized spacial score (nSPS) is 17.7. The average Bonchev–Trinajstić information content (AvgIpc) is 2.44. The maximum Gasteiger partial charge on any atom is 0.422 e. The van der Waals surface area contributed by atoms with Crippen molar-refractivity contribution in [1.82, 2.24) is 15.2 Å². The highest BCUT2D eigenvalue weighted by Gasteiger charge is 2.30. The van der Waals surface area contributed by atoms with Crippen LogP contribution in [0.2, 0.25) is 0 Å². The van der Waals surface area contributed by atoms with Crippen LogP contribution < -0.4 is 10.1 Å². The predicted molar refractivity (Wildman–Crippen MR) is 83.7 cm³/mol. The lowest BCUT2D eigenvalue weighted by Crippen LogP contribution is -2.51. The van der Waals surface area contributed by atoms with Crippen LogP contribution in [0.3, 0.4) is 0 Å². The Labute approximate surface area is 144 Å². The molecule has 1 amide bonds. The number of pyridine rings is 1. The number of alkyl halides is 3. The van der Waals surface area contributed by atoms with Crippen molar-refractivity contribution in [2.24, 2.45) is 0 Å². The van der Waals surface area contributed by atoms with E-state index in [1.165, 1.54) is 18.3 Å². The summed E-state index contributed by atoms with van der Waals surface area (Å²) >= 11 is 0.